The van der Waals surface area contributed by atoms with E-state index in [0.717, 1.165) is 105 Å². The van der Waals surface area contributed by atoms with Gasteiger partial charge in [0.2, 0.25) is 0 Å². The zero-order valence-corrected chi connectivity index (χ0v) is 30.3. The molecule has 0 bridgehead atoms. The van der Waals surface area contributed by atoms with E-state index in [9.17, 15) is 0 Å². The minimum absolute atomic E-state index is 0.552. The van der Waals surface area contributed by atoms with Crippen molar-refractivity contribution in [2.75, 3.05) is 0 Å². The molecule has 0 fully saturated rings. The number of rotatable bonds is 5. The second kappa shape index (κ2) is 12.3. The summed E-state index contributed by atoms with van der Waals surface area (Å²) in [6, 6.07) is 59.9. The molecular weight excluding hydrogens is 703 g/mol. The van der Waals surface area contributed by atoms with Gasteiger partial charge in [-0.25, -0.2) is 15.0 Å². The summed E-state index contributed by atoms with van der Waals surface area (Å²) in [6.07, 6.45) is 0. The topological polar surface area (TPSA) is 78.1 Å². The Morgan fingerprint density at radius 2 is 0.807 bits per heavy atom. The van der Waals surface area contributed by atoms with Crippen molar-refractivity contribution in [3.05, 3.63) is 176 Å². The summed E-state index contributed by atoms with van der Waals surface area (Å²) in [6.45, 7) is 0. The molecule has 12 aromatic rings. The standard InChI is InChI=1S/C51H29N3O3/c1-2-11-31(12-3-1)49-52-50(54-51(53-49)40-17-10-16-38-36-13-4-8-19-43(36)56-47(38)40)32-23-21-30(22-24-32)34-26-27-35(48-46(34)39-15-6-9-20-44(39)57-48)33-25-28-45-41(29-33)37-14-5-7-18-42(37)55-45/h1-29H. The molecule has 0 aliphatic carbocycles. The number of hydrogen-bond donors (Lipinski definition) is 0. The molecule has 4 heterocycles. The van der Waals surface area contributed by atoms with Gasteiger partial charge in [0.25, 0.3) is 0 Å². The van der Waals surface area contributed by atoms with Gasteiger partial charge in [0, 0.05) is 49.0 Å². The van der Waals surface area contributed by atoms with Gasteiger partial charge >= 0.3 is 0 Å². The predicted molar refractivity (Wildman–Crippen MR) is 229 cm³/mol. The zero-order chi connectivity index (χ0) is 37.5. The fraction of sp³-hybridized carbons (Fsp3) is 0. The van der Waals surface area contributed by atoms with Crippen LogP contribution in [0.2, 0.25) is 0 Å². The van der Waals surface area contributed by atoms with Crippen LogP contribution in [-0.4, -0.2) is 15.0 Å². The summed E-state index contributed by atoms with van der Waals surface area (Å²) in [5, 5.41) is 6.40. The predicted octanol–water partition coefficient (Wildman–Crippen LogP) is 13.9. The van der Waals surface area contributed by atoms with E-state index in [1.807, 2.05) is 91.0 Å². The molecule has 0 aliphatic heterocycles. The van der Waals surface area contributed by atoms with Crippen molar-refractivity contribution in [1.29, 1.82) is 0 Å². The molecule has 8 aromatic carbocycles. The molecule has 0 amide bonds. The Bertz CT molecular complexity index is 3520. The molecule has 6 heteroatoms. The minimum atomic E-state index is 0.552. The van der Waals surface area contributed by atoms with Gasteiger partial charge in [-0.3, -0.25) is 0 Å². The van der Waals surface area contributed by atoms with E-state index in [1.165, 1.54) is 0 Å². The van der Waals surface area contributed by atoms with Crippen molar-refractivity contribution < 1.29 is 13.3 Å². The van der Waals surface area contributed by atoms with Crippen LogP contribution in [0.15, 0.2) is 189 Å². The number of aromatic nitrogens is 3. The third-order valence-corrected chi connectivity index (χ3v) is 11.0. The summed E-state index contributed by atoms with van der Waals surface area (Å²) in [5.74, 6) is 1.72. The van der Waals surface area contributed by atoms with E-state index in [4.69, 9.17) is 28.2 Å². The van der Waals surface area contributed by atoms with E-state index < -0.39 is 0 Å². The molecule has 0 N–H and O–H groups in total. The number of benzene rings is 8. The van der Waals surface area contributed by atoms with Gasteiger partial charge in [0.15, 0.2) is 17.5 Å². The Labute approximate surface area is 325 Å². The van der Waals surface area contributed by atoms with Crippen LogP contribution in [0, 0.1) is 0 Å². The SMILES string of the molecule is c1ccc(-c2nc(-c3ccc(-c4ccc(-c5ccc6oc7ccccc7c6c5)c5oc6ccccc6c45)cc3)nc(-c3cccc4c3oc3ccccc34)n2)cc1. The molecule has 0 saturated heterocycles. The smallest absolute Gasteiger partial charge is 0.167 e. The summed E-state index contributed by atoms with van der Waals surface area (Å²) in [7, 11) is 0. The lowest BCUT2D eigenvalue weighted by Crippen LogP contribution is -2.00. The lowest BCUT2D eigenvalue weighted by Gasteiger charge is -2.11. The van der Waals surface area contributed by atoms with Crippen LogP contribution in [0.25, 0.3) is 122 Å². The number of nitrogens with zero attached hydrogens (tertiary/aromatic N) is 3. The van der Waals surface area contributed by atoms with E-state index >= 15 is 0 Å². The van der Waals surface area contributed by atoms with Gasteiger partial charge in [-0.1, -0.05) is 133 Å². The maximum absolute atomic E-state index is 6.68. The minimum Gasteiger partial charge on any atom is -0.456 e. The molecule has 4 aromatic heterocycles. The van der Waals surface area contributed by atoms with Crippen LogP contribution < -0.4 is 0 Å². The Morgan fingerprint density at radius 3 is 1.58 bits per heavy atom. The third-order valence-electron chi connectivity index (χ3n) is 11.0. The molecule has 57 heavy (non-hydrogen) atoms. The number of fused-ring (bicyclic) bond motifs is 9. The molecule has 12 rings (SSSR count). The van der Waals surface area contributed by atoms with Crippen LogP contribution >= 0.6 is 0 Å². The van der Waals surface area contributed by atoms with Crippen LogP contribution in [-0.2, 0) is 0 Å². The fourth-order valence-corrected chi connectivity index (χ4v) is 8.25. The van der Waals surface area contributed by atoms with E-state index in [0.29, 0.717) is 17.5 Å². The van der Waals surface area contributed by atoms with Crippen molar-refractivity contribution in [1.82, 2.24) is 15.0 Å². The van der Waals surface area contributed by atoms with Crippen molar-refractivity contribution >= 4 is 65.8 Å². The molecule has 0 atom stereocenters. The zero-order valence-electron chi connectivity index (χ0n) is 30.3. The second-order valence-corrected chi connectivity index (χ2v) is 14.3. The van der Waals surface area contributed by atoms with Gasteiger partial charge in [-0.05, 0) is 59.2 Å². The first-order chi connectivity index (χ1) is 28.2. The Hall–Kier alpha value is -7.83. The quantitative estimate of drug-likeness (QED) is 0.175. The summed E-state index contributed by atoms with van der Waals surface area (Å²) < 4.78 is 19.2. The molecule has 0 saturated carbocycles. The van der Waals surface area contributed by atoms with E-state index in [2.05, 4.69) is 84.9 Å². The third kappa shape index (κ3) is 5.01. The lowest BCUT2D eigenvalue weighted by atomic mass is 9.93. The molecule has 0 aliphatic rings. The normalized spacial score (nSPS) is 11.9. The van der Waals surface area contributed by atoms with Crippen LogP contribution in [0.5, 0.6) is 0 Å². The second-order valence-electron chi connectivity index (χ2n) is 14.3. The highest BCUT2D eigenvalue weighted by molar-refractivity contribution is 6.17. The Morgan fingerprint density at radius 1 is 0.281 bits per heavy atom. The molecule has 0 spiro atoms. The first kappa shape index (κ1) is 31.5. The summed E-state index contributed by atoms with van der Waals surface area (Å²) in [4.78, 5) is 15.1. The summed E-state index contributed by atoms with van der Waals surface area (Å²) in [5.41, 5.74) is 11.9. The maximum Gasteiger partial charge on any atom is 0.167 e. The largest absolute Gasteiger partial charge is 0.456 e. The van der Waals surface area contributed by atoms with E-state index in [-0.39, 0.29) is 0 Å². The Balaban J connectivity index is 0.994. The Kier molecular flexibility index (Phi) is 6.83. The highest BCUT2D eigenvalue weighted by Crippen LogP contribution is 2.43. The number of hydrogen-bond acceptors (Lipinski definition) is 6. The number of para-hydroxylation sites is 4. The van der Waals surface area contributed by atoms with E-state index in [1.54, 1.807) is 0 Å². The van der Waals surface area contributed by atoms with Crippen molar-refractivity contribution in [3.63, 3.8) is 0 Å². The average Bonchev–Trinajstić information content (AvgIpc) is 3.98. The van der Waals surface area contributed by atoms with Gasteiger partial charge in [0.1, 0.15) is 33.5 Å². The summed E-state index contributed by atoms with van der Waals surface area (Å²) >= 11 is 0. The highest BCUT2D eigenvalue weighted by Gasteiger charge is 2.20. The lowest BCUT2D eigenvalue weighted by molar-refractivity contribution is 0.668. The molecule has 6 nitrogen and oxygen atoms in total. The average molecular weight is 732 g/mol. The molecule has 266 valence electrons. The highest BCUT2D eigenvalue weighted by atomic mass is 16.3. The van der Waals surface area contributed by atoms with Gasteiger partial charge < -0.3 is 13.3 Å². The molecule has 0 radical (unpaired) electrons. The maximum atomic E-state index is 6.68. The molecular formula is C51H29N3O3. The first-order valence-corrected chi connectivity index (χ1v) is 18.9. The first-order valence-electron chi connectivity index (χ1n) is 18.9. The van der Waals surface area contributed by atoms with Gasteiger partial charge in [-0.2, -0.15) is 0 Å². The van der Waals surface area contributed by atoms with Crippen molar-refractivity contribution in [2.45, 2.75) is 0 Å². The van der Waals surface area contributed by atoms with Crippen molar-refractivity contribution in [3.8, 4) is 56.4 Å². The van der Waals surface area contributed by atoms with Gasteiger partial charge in [-0.15, -0.1) is 0 Å². The van der Waals surface area contributed by atoms with Crippen molar-refractivity contribution in [2.24, 2.45) is 0 Å². The number of furan rings is 3. The van der Waals surface area contributed by atoms with Crippen LogP contribution in [0.1, 0.15) is 0 Å². The van der Waals surface area contributed by atoms with Gasteiger partial charge in [0.05, 0.1) is 5.56 Å². The fourth-order valence-electron chi connectivity index (χ4n) is 8.25. The van der Waals surface area contributed by atoms with Crippen LogP contribution in [0.4, 0.5) is 0 Å². The van der Waals surface area contributed by atoms with Crippen LogP contribution in [0.3, 0.4) is 0 Å². The molecule has 0 unspecified atom stereocenters. The monoisotopic (exact) mass is 731 g/mol.